The molecule has 0 spiro atoms. The first kappa shape index (κ1) is 10.1. The van der Waals surface area contributed by atoms with Gasteiger partial charge in [-0.05, 0) is 13.0 Å². The summed E-state index contributed by atoms with van der Waals surface area (Å²) in [5, 5.41) is 3.60. The topological polar surface area (TPSA) is 77.0 Å². The Morgan fingerprint density at radius 3 is 2.92 bits per heavy atom. The van der Waals surface area contributed by atoms with E-state index in [1.54, 1.807) is 12.3 Å². The van der Waals surface area contributed by atoms with Crippen LogP contribution >= 0.6 is 11.6 Å². The molecule has 0 aliphatic carbocycles. The van der Waals surface area contributed by atoms with Crippen LogP contribution in [0.2, 0.25) is 5.02 Å². The highest BCUT2D eigenvalue weighted by molar-refractivity contribution is 6.30. The molecule has 0 aliphatic heterocycles. The van der Waals surface area contributed by atoms with E-state index in [1.807, 2.05) is 6.92 Å². The molecule has 0 aliphatic rings. The summed E-state index contributed by atoms with van der Waals surface area (Å²) >= 11 is 5.69. The number of nitrogens with two attached hydrogens (primary N) is 2. The van der Waals surface area contributed by atoms with Crippen molar-refractivity contribution in [3.63, 3.8) is 0 Å². The van der Waals surface area contributed by atoms with Crippen molar-refractivity contribution in [2.24, 2.45) is 5.73 Å². The van der Waals surface area contributed by atoms with Crippen LogP contribution in [0.15, 0.2) is 12.3 Å². The van der Waals surface area contributed by atoms with Crippen molar-refractivity contribution in [2.75, 3.05) is 17.6 Å². The highest BCUT2D eigenvalue weighted by Crippen LogP contribution is 2.19. The van der Waals surface area contributed by atoms with E-state index in [2.05, 4.69) is 10.3 Å². The third-order valence-electron chi connectivity index (χ3n) is 1.62. The zero-order valence-electron chi connectivity index (χ0n) is 7.42. The molecule has 5 heteroatoms. The van der Waals surface area contributed by atoms with Gasteiger partial charge in [0, 0.05) is 18.8 Å². The van der Waals surface area contributed by atoms with Crippen LogP contribution in [0, 0.1) is 0 Å². The predicted octanol–water partition coefficient (Wildman–Crippen LogP) is 1.08. The van der Waals surface area contributed by atoms with Crippen LogP contribution in [0.4, 0.5) is 11.5 Å². The molecular weight excluding hydrogens is 188 g/mol. The third-order valence-corrected chi connectivity index (χ3v) is 1.83. The Hall–Kier alpha value is -1.00. The Morgan fingerprint density at radius 2 is 2.38 bits per heavy atom. The monoisotopic (exact) mass is 200 g/mol. The number of pyridine rings is 1. The standard InChI is InChI=1S/C8H13ClN4/c1-5(3-10)13-8-7(11)2-6(9)4-12-8/h2,4-5H,3,10-11H2,1H3,(H,12,13). The summed E-state index contributed by atoms with van der Waals surface area (Å²) in [4.78, 5) is 4.04. The number of hydrogen-bond donors (Lipinski definition) is 3. The van der Waals surface area contributed by atoms with Crippen molar-refractivity contribution in [2.45, 2.75) is 13.0 Å². The molecule has 1 aromatic rings. The molecule has 0 radical (unpaired) electrons. The molecule has 1 heterocycles. The maximum absolute atomic E-state index is 5.69. The predicted molar refractivity (Wildman–Crippen MR) is 55.8 cm³/mol. The quantitative estimate of drug-likeness (QED) is 0.683. The molecule has 0 fully saturated rings. The molecule has 72 valence electrons. The van der Waals surface area contributed by atoms with Crippen LogP contribution < -0.4 is 16.8 Å². The van der Waals surface area contributed by atoms with Crippen molar-refractivity contribution in [1.29, 1.82) is 0 Å². The fourth-order valence-corrected chi connectivity index (χ4v) is 1.03. The second kappa shape index (κ2) is 4.30. The van der Waals surface area contributed by atoms with E-state index in [9.17, 15) is 0 Å². The Labute approximate surface area is 82.3 Å². The molecule has 1 rings (SSSR count). The van der Waals surface area contributed by atoms with E-state index in [0.717, 1.165) is 0 Å². The van der Waals surface area contributed by atoms with Gasteiger partial charge >= 0.3 is 0 Å². The van der Waals surface area contributed by atoms with Gasteiger partial charge in [-0.1, -0.05) is 11.6 Å². The van der Waals surface area contributed by atoms with Gasteiger partial charge in [0.2, 0.25) is 0 Å². The summed E-state index contributed by atoms with van der Waals surface area (Å²) in [7, 11) is 0. The zero-order chi connectivity index (χ0) is 9.84. The Morgan fingerprint density at radius 1 is 1.69 bits per heavy atom. The first-order valence-electron chi connectivity index (χ1n) is 4.01. The molecule has 1 unspecified atom stereocenters. The molecule has 13 heavy (non-hydrogen) atoms. The molecular formula is C8H13ClN4. The lowest BCUT2D eigenvalue weighted by Gasteiger charge is -2.13. The normalized spacial score (nSPS) is 12.5. The van der Waals surface area contributed by atoms with Crippen molar-refractivity contribution >= 4 is 23.1 Å². The van der Waals surface area contributed by atoms with E-state index in [0.29, 0.717) is 23.1 Å². The van der Waals surface area contributed by atoms with Crippen LogP contribution in [0.5, 0.6) is 0 Å². The molecule has 0 aromatic carbocycles. The van der Waals surface area contributed by atoms with Gasteiger partial charge in [0.15, 0.2) is 0 Å². The lowest BCUT2D eigenvalue weighted by molar-refractivity contribution is 0.799. The minimum Gasteiger partial charge on any atom is -0.396 e. The summed E-state index contributed by atoms with van der Waals surface area (Å²) in [5.41, 5.74) is 11.7. The zero-order valence-corrected chi connectivity index (χ0v) is 8.17. The fourth-order valence-electron chi connectivity index (χ4n) is 0.868. The number of halogens is 1. The van der Waals surface area contributed by atoms with Crippen LogP contribution in [0.3, 0.4) is 0 Å². The number of aromatic nitrogens is 1. The molecule has 0 saturated heterocycles. The summed E-state index contributed by atoms with van der Waals surface area (Å²) in [5.74, 6) is 0.627. The lowest BCUT2D eigenvalue weighted by atomic mass is 10.3. The highest BCUT2D eigenvalue weighted by atomic mass is 35.5. The van der Waals surface area contributed by atoms with Crippen LogP contribution in [-0.2, 0) is 0 Å². The van der Waals surface area contributed by atoms with Crippen molar-refractivity contribution < 1.29 is 0 Å². The molecule has 0 saturated carbocycles. The van der Waals surface area contributed by atoms with E-state index in [1.165, 1.54) is 0 Å². The maximum Gasteiger partial charge on any atom is 0.149 e. The minimum atomic E-state index is 0.149. The second-order valence-electron chi connectivity index (χ2n) is 2.87. The number of hydrogen-bond acceptors (Lipinski definition) is 4. The van der Waals surface area contributed by atoms with E-state index >= 15 is 0 Å². The van der Waals surface area contributed by atoms with Crippen molar-refractivity contribution in [3.05, 3.63) is 17.3 Å². The average Bonchev–Trinajstić information content (AvgIpc) is 2.09. The first-order valence-corrected chi connectivity index (χ1v) is 4.39. The van der Waals surface area contributed by atoms with Gasteiger partial charge in [0.1, 0.15) is 5.82 Å². The fraction of sp³-hybridized carbons (Fsp3) is 0.375. The molecule has 1 aromatic heterocycles. The van der Waals surface area contributed by atoms with Crippen molar-refractivity contribution in [1.82, 2.24) is 4.98 Å². The van der Waals surface area contributed by atoms with Gasteiger partial charge in [0.25, 0.3) is 0 Å². The van der Waals surface area contributed by atoms with Gasteiger partial charge in [-0.25, -0.2) is 4.98 Å². The van der Waals surface area contributed by atoms with Crippen LogP contribution in [-0.4, -0.2) is 17.6 Å². The summed E-state index contributed by atoms with van der Waals surface area (Å²) in [6.07, 6.45) is 1.55. The van der Waals surface area contributed by atoms with Crippen LogP contribution in [0.25, 0.3) is 0 Å². The largest absolute Gasteiger partial charge is 0.396 e. The van der Waals surface area contributed by atoms with Gasteiger partial charge in [-0.3, -0.25) is 0 Å². The first-order chi connectivity index (χ1) is 6.13. The summed E-state index contributed by atoms with van der Waals surface area (Å²) < 4.78 is 0. The average molecular weight is 201 g/mol. The van der Waals surface area contributed by atoms with Gasteiger partial charge in [-0.2, -0.15) is 0 Å². The number of nitrogens with zero attached hydrogens (tertiary/aromatic N) is 1. The number of nitrogens with one attached hydrogen (secondary N) is 1. The Kier molecular flexibility index (Phi) is 3.33. The molecule has 4 nitrogen and oxygen atoms in total. The minimum absolute atomic E-state index is 0.149. The van der Waals surface area contributed by atoms with Gasteiger partial charge < -0.3 is 16.8 Å². The lowest BCUT2D eigenvalue weighted by Crippen LogP contribution is -2.26. The van der Waals surface area contributed by atoms with Gasteiger partial charge in [-0.15, -0.1) is 0 Å². The number of anilines is 2. The molecule has 0 bridgehead atoms. The highest BCUT2D eigenvalue weighted by Gasteiger charge is 2.04. The summed E-state index contributed by atoms with van der Waals surface area (Å²) in [6, 6.07) is 1.80. The number of nitrogen functional groups attached to an aromatic ring is 1. The Balaban J connectivity index is 2.77. The SMILES string of the molecule is CC(CN)Nc1ncc(Cl)cc1N. The summed E-state index contributed by atoms with van der Waals surface area (Å²) in [6.45, 7) is 2.49. The van der Waals surface area contributed by atoms with E-state index < -0.39 is 0 Å². The molecule has 1 atom stereocenters. The second-order valence-corrected chi connectivity index (χ2v) is 3.31. The third kappa shape index (κ3) is 2.75. The number of rotatable bonds is 3. The smallest absolute Gasteiger partial charge is 0.149 e. The van der Waals surface area contributed by atoms with E-state index in [4.69, 9.17) is 23.1 Å². The van der Waals surface area contributed by atoms with Crippen LogP contribution in [0.1, 0.15) is 6.92 Å². The Bertz CT molecular complexity index is 289. The van der Waals surface area contributed by atoms with Gasteiger partial charge in [0.05, 0.1) is 10.7 Å². The molecule has 5 N–H and O–H groups in total. The molecule has 0 amide bonds. The van der Waals surface area contributed by atoms with E-state index in [-0.39, 0.29) is 6.04 Å². The van der Waals surface area contributed by atoms with Crippen molar-refractivity contribution in [3.8, 4) is 0 Å². The maximum atomic E-state index is 5.69.